The van der Waals surface area contributed by atoms with E-state index in [1.54, 1.807) is 6.07 Å². The van der Waals surface area contributed by atoms with Gasteiger partial charge in [0.1, 0.15) is 30.1 Å². The third-order valence-corrected chi connectivity index (χ3v) is 4.34. The molecule has 2 aromatic rings. The fraction of sp³-hybridized carbons (Fsp3) is 0.294. The fourth-order valence-corrected chi connectivity index (χ4v) is 2.83. The molecule has 1 aliphatic heterocycles. The van der Waals surface area contributed by atoms with Crippen LogP contribution in [0.1, 0.15) is 5.82 Å². The van der Waals surface area contributed by atoms with Crippen LogP contribution in [0.2, 0.25) is 0 Å². The third kappa shape index (κ3) is 5.31. The summed E-state index contributed by atoms with van der Waals surface area (Å²) >= 11 is 3.58. The zero-order valence-corrected chi connectivity index (χ0v) is 16.3. The number of hydrogen-bond donors (Lipinski definition) is 3. The molecule has 0 aliphatic carbocycles. The number of anilines is 2. The van der Waals surface area contributed by atoms with Crippen molar-refractivity contribution in [1.82, 2.24) is 15.3 Å². The van der Waals surface area contributed by atoms with Crippen LogP contribution in [0.25, 0.3) is 0 Å². The summed E-state index contributed by atoms with van der Waals surface area (Å²) in [4.78, 5) is 41.9. The van der Waals surface area contributed by atoms with Gasteiger partial charge in [0.15, 0.2) is 0 Å². The van der Waals surface area contributed by atoms with Gasteiger partial charge in [0.2, 0.25) is 0 Å². The largest absolute Gasteiger partial charge is 0.442 e. The van der Waals surface area contributed by atoms with Gasteiger partial charge in [-0.25, -0.2) is 19.2 Å². The molecular weight excluding hydrogens is 419 g/mol. The Morgan fingerprint density at radius 3 is 2.77 bits per heavy atom. The molecule has 1 fully saturated rings. The first-order valence-electron chi connectivity index (χ1n) is 8.77. The molecule has 1 aromatic heterocycles. The van der Waals surface area contributed by atoms with Gasteiger partial charge in [0.05, 0.1) is 29.4 Å². The van der Waals surface area contributed by atoms with E-state index >= 15 is 0 Å². The molecule has 1 atom stereocenters. The molecular formula is C17H17FN6O5S. The normalized spacial score (nSPS) is 15.6. The highest BCUT2D eigenvalue weighted by molar-refractivity contribution is 7.96. The summed E-state index contributed by atoms with van der Waals surface area (Å²) in [5.74, 6) is -0.193. The van der Waals surface area contributed by atoms with Crippen LogP contribution in [0.15, 0.2) is 30.6 Å². The highest BCUT2D eigenvalue weighted by Crippen LogP contribution is 2.26. The maximum atomic E-state index is 14.4. The van der Waals surface area contributed by atoms with Gasteiger partial charge >= 0.3 is 11.8 Å². The number of hydrogen-bond acceptors (Lipinski definition) is 8. The van der Waals surface area contributed by atoms with Gasteiger partial charge in [-0.15, -0.1) is 0 Å². The molecule has 11 nitrogen and oxygen atoms in total. The number of nitrogens with one attached hydrogen (secondary N) is 2. The number of cyclic esters (lactones) is 1. The first kappa shape index (κ1) is 21.2. The lowest BCUT2D eigenvalue weighted by Crippen LogP contribution is -2.32. The molecule has 2 heterocycles. The summed E-state index contributed by atoms with van der Waals surface area (Å²) < 4.78 is 19.6. The van der Waals surface area contributed by atoms with E-state index in [0.29, 0.717) is 24.5 Å². The summed E-state index contributed by atoms with van der Waals surface area (Å²) in [6.45, 7) is 0.569. The van der Waals surface area contributed by atoms with Crippen molar-refractivity contribution in [1.29, 1.82) is 0 Å². The van der Waals surface area contributed by atoms with Crippen molar-refractivity contribution in [3.05, 3.63) is 52.3 Å². The zero-order chi connectivity index (χ0) is 21.7. The fourth-order valence-electron chi connectivity index (χ4n) is 2.74. The molecule has 1 aromatic carbocycles. The maximum Gasteiger partial charge on any atom is 0.414 e. The molecule has 13 heteroatoms. The predicted molar refractivity (Wildman–Crippen MR) is 107 cm³/mol. The van der Waals surface area contributed by atoms with Crippen LogP contribution in [0.3, 0.4) is 0 Å². The summed E-state index contributed by atoms with van der Waals surface area (Å²) in [6, 6.07) is 4.25. The maximum absolute atomic E-state index is 14.4. The molecule has 0 radical (unpaired) electrons. The molecule has 0 unspecified atom stereocenters. The van der Waals surface area contributed by atoms with Crippen molar-refractivity contribution in [3.63, 3.8) is 0 Å². The second kappa shape index (κ2) is 9.35. The Balaban J connectivity index is 1.55. The van der Waals surface area contributed by atoms with Crippen LogP contribution in [0, 0.1) is 15.9 Å². The standard InChI is InChI=1S/C17H17FN6O5S/c18-13-5-10(23-9-12(29-17(23)26)8-22-16(25)30)1-2-14(13)19-4-3-15-20-6-11(7-21-15)24(27)28/h1-2,5-7,12,19H,3-4,8-9H2,(H2,22,25,30)/t12-/m0/s1. The average molecular weight is 436 g/mol. The number of rotatable bonds is 8. The summed E-state index contributed by atoms with van der Waals surface area (Å²) in [5, 5.41) is 15.4. The minimum absolute atomic E-state index is 0.109. The Bertz CT molecular complexity index is 960. The highest BCUT2D eigenvalue weighted by Gasteiger charge is 2.32. The Morgan fingerprint density at radius 2 is 2.13 bits per heavy atom. The van der Waals surface area contributed by atoms with Gasteiger partial charge in [-0.2, -0.15) is 0 Å². The third-order valence-electron chi connectivity index (χ3n) is 4.19. The Hall–Kier alpha value is -3.48. The van der Waals surface area contributed by atoms with Crippen LogP contribution in [0.5, 0.6) is 0 Å². The van der Waals surface area contributed by atoms with E-state index in [1.165, 1.54) is 17.0 Å². The van der Waals surface area contributed by atoms with Crippen molar-refractivity contribution in [2.45, 2.75) is 12.5 Å². The number of ether oxygens (including phenoxy) is 1. The smallest absolute Gasteiger partial charge is 0.414 e. The Kier molecular flexibility index (Phi) is 6.61. The van der Waals surface area contributed by atoms with E-state index in [9.17, 15) is 24.1 Å². The van der Waals surface area contributed by atoms with Crippen molar-refractivity contribution >= 4 is 41.0 Å². The van der Waals surface area contributed by atoms with E-state index in [1.807, 2.05) is 0 Å². The number of aromatic nitrogens is 2. The van der Waals surface area contributed by atoms with Crippen LogP contribution in [-0.4, -0.2) is 52.0 Å². The van der Waals surface area contributed by atoms with Crippen LogP contribution < -0.4 is 15.5 Å². The second-order valence-corrected chi connectivity index (χ2v) is 6.66. The molecule has 3 rings (SSSR count). The van der Waals surface area contributed by atoms with Gasteiger partial charge in [0, 0.05) is 13.0 Å². The molecule has 2 N–H and O–H groups in total. The van der Waals surface area contributed by atoms with E-state index in [4.69, 9.17) is 4.74 Å². The molecule has 0 spiro atoms. The molecule has 1 aliphatic rings. The molecule has 1 saturated heterocycles. The zero-order valence-electron chi connectivity index (χ0n) is 15.4. The van der Waals surface area contributed by atoms with Gasteiger partial charge in [-0.1, -0.05) is 12.6 Å². The molecule has 2 amide bonds. The van der Waals surface area contributed by atoms with Gasteiger partial charge < -0.3 is 15.4 Å². The number of nitro groups is 1. The lowest BCUT2D eigenvalue weighted by molar-refractivity contribution is -0.385. The van der Waals surface area contributed by atoms with Crippen molar-refractivity contribution in [2.75, 3.05) is 29.9 Å². The highest BCUT2D eigenvalue weighted by atomic mass is 32.1. The molecule has 0 saturated carbocycles. The van der Waals surface area contributed by atoms with Gasteiger partial charge in [0.25, 0.3) is 5.24 Å². The average Bonchev–Trinajstić information content (AvgIpc) is 3.08. The van der Waals surface area contributed by atoms with E-state index < -0.39 is 28.2 Å². The first-order chi connectivity index (χ1) is 14.3. The summed E-state index contributed by atoms with van der Waals surface area (Å²) in [6.07, 6.45) is 1.36. The number of carbonyl (C=O) groups excluding carboxylic acids is 2. The number of thiol groups is 1. The van der Waals surface area contributed by atoms with Gasteiger partial charge in [-0.3, -0.25) is 19.8 Å². The molecule has 30 heavy (non-hydrogen) atoms. The number of carbonyl (C=O) groups is 2. The topological polar surface area (TPSA) is 140 Å². The molecule has 158 valence electrons. The van der Waals surface area contributed by atoms with E-state index in [2.05, 4.69) is 33.2 Å². The van der Waals surface area contributed by atoms with Crippen molar-refractivity contribution < 1.29 is 23.6 Å². The number of halogens is 1. The number of amides is 2. The first-order valence-corrected chi connectivity index (χ1v) is 9.22. The second-order valence-electron chi connectivity index (χ2n) is 6.26. The lowest BCUT2D eigenvalue weighted by Gasteiger charge is -2.15. The van der Waals surface area contributed by atoms with Crippen molar-refractivity contribution in [2.24, 2.45) is 0 Å². The van der Waals surface area contributed by atoms with E-state index in [0.717, 1.165) is 12.4 Å². The Labute approximate surface area is 175 Å². The van der Waals surface area contributed by atoms with Crippen LogP contribution in [-0.2, 0) is 11.2 Å². The van der Waals surface area contributed by atoms with Crippen molar-refractivity contribution in [3.8, 4) is 0 Å². The van der Waals surface area contributed by atoms with Crippen LogP contribution >= 0.6 is 12.6 Å². The van der Waals surface area contributed by atoms with E-state index in [-0.39, 0.29) is 24.5 Å². The monoisotopic (exact) mass is 436 g/mol. The lowest BCUT2D eigenvalue weighted by atomic mass is 10.2. The minimum Gasteiger partial charge on any atom is -0.442 e. The molecule has 0 bridgehead atoms. The number of benzene rings is 1. The van der Waals surface area contributed by atoms with Gasteiger partial charge in [-0.05, 0) is 18.2 Å². The SMILES string of the molecule is O=C(S)NC[C@H]1CN(c2ccc(NCCc3ncc([N+](=O)[O-])cn3)c(F)c2)C(=O)O1. The minimum atomic E-state index is -0.635. The summed E-state index contributed by atoms with van der Waals surface area (Å²) in [5.41, 5.74) is 0.331. The number of nitrogens with zero attached hydrogens (tertiary/aromatic N) is 4. The Morgan fingerprint density at radius 1 is 1.40 bits per heavy atom. The quantitative estimate of drug-likeness (QED) is 0.325. The predicted octanol–water partition coefficient (Wildman–Crippen LogP) is 2.14. The van der Waals surface area contributed by atoms with Crippen LogP contribution in [0.4, 0.5) is 31.0 Å². The summed E-state index contributed by atoms with van der Waals surface area (Å²) in [7, 11) is 0.